The molecule has 0 atom stereocenters. The largest absolute Gasteiger partial charge is 0.322 e. The summed E-state index contributed by atoms with van der Waals surface area (Å²) in [6.07, 6.45) is 0. The van der Waals surface area contributed by atoms with Crippen molar-refractivity contribution in [3.8, 4) is 0 Å². The van der Waals surface area contributed by atoms with Crippen LogP contribution in [0.25, 0.3) is 0 Å². The smallest absolute Gasteiger partial charge is 0.273 e. The topological polar surface area (TPSA) is 89.3 Å². The number of carbonyl (C=O) groups is 2. The lowest BCUT2D eigenvalue weighted by atomic mass is 10.1. The van der Waals surface area contributed by atoms with Crippen molar-refractivity contribution in [1.82, 2.24) is 0 Å². The molecule has 0 spiro atoms. The SMILES string of the molecule is CC(=O)c1ccc(NC(=O)c2ccc(C)c([N+](=O)[O-])c2)cc1. The average Bonchev–Trinajstić information content (AvgIpc) is 2.47. The molecule has 0 radical (unpaired) electrons. The van der Waals surface area contributed by atoms with Crippen molar-refractivity contribution in [1.29, 1.82) is 0 Å². The molecule has 0 aliphatic carbocycles. The minimum absolute atomic E-state index is 0.0629. The molecule has 0 heterocycles. The number of nitrogens with zero attached hydrogens (tertiary/aromatic N) is 1. The van der Waals surface area contributed by atoms with Crippen LogP contribution in [0.3, 0.4) is 0 Å². The Hall–Kier alpha value is -3.02. The first-order valence-corrected chi connectivity index (χ1v) is 6.56. The molecule has 0 aromatic heterocycles. The van der Waals surface area contributed by atoms with E-state index in [1.807, 2.05) is 0 Å². The normalized spacial score (nSPS) is 10.1. The standard InChI is InChI=1S/C16H14N2O4/c1-10-3-4-13(9-15(10)18(21)22)16(20)17-14-7-5-12(6-8-14)11(2)19/h3-9H,1-2H3,(H,17,20). The van der Waals surface area contributed by atoms with Crippen molar-refractivity contribution < 1.29 is 14.5 Å². The molecule has 2 rings (SSSR count). The van der Waals surface area contributed by atoms with Gasteiger partial charge in [-0.25, -0.2) is 0 Å². The molecule has 2 aromatic rings. The second-order valence-electron chi connectivity index (χ2n) is 4.85. The lowest BCUT2D eigenvalue weighted by molar-refractivity contribution is -0.385. The van der Waals surface area contributed by atoms with Crippen LogP contribution in [-0.4, -0.2) is 16.6 Å². The predicted octanol–water partition coefficient (Wildman–Crippen LogP) is 3.36. The molecule has 6 nitrogen and oxygen atoms in total. The van der Waals surface area contributed by atoms with Crippen LogP contribution in [0.2, 0.25) is 0 Å². The lowest BCUT2D eigenvalue weighted by Gasteiger charge is -2.06. The molecule has 0 aliphatic heterocycles. The van der Waals surface area contributed by atoms with Gasteiger partial charge >= 0.3 is 0 Å². The van der Waals surface area contributed by atoms with Gasteiger partial charge in [-0.15, -0.1) is 0 Å². The van der Waals surface area contributed by atoms with Gasteiger partial charge in [0.2, 0.25) is 0 Å². The number of nitrogens with one attached hydrogen (secondary N) is 1. The summed E-state index contributed by atoms with van der Waals surface area (Å²) in [4.78, 5) is 33.7. The summed E-state index contributed by atoms with van der Waals surface area (Å²) in [6, 6.07) is 10.7. The van der Waals surface area contributed by atoms with E-state index in [2.05, 4.69) is 5.32 Å². The molecule has 0 bridgehead atoms. The molecule has 6 heteroatoms. The minimum atomic E-state index is -0.520. The Balaban J connectivity index is 2.20. The number of rotatable bonds is 4. The Morgan fingerprint density at radius 1 is 1.05 bits per heavy atom. The summed E-state index contributed by atoms with van der Waals surface area (Å²) in [5.41, 5.74) is 1.65. The average molecular weight is 298 g/mol. The van der Waals surface area contributed by atoms with E-state index < -0.39 is 10.8 Å². The Bertz CT molecular complexity index is 751. The van der Waals surface area contributed by atoms with E-state index in [1.54, 1.807) is 31.2 Å². The van der Waals surface area contributed by atoms with Crippen molar-refractivity contribution in [3.63, 3.8) is 0 Å². The number of benzene rings is 2. The monoisotopic (exact) mass is 298 g/mol. The third kappa shape index (κ3) is 3.35. The van der Waals surface area contributed by atoms with Gasteiger partial charge in [0.15, 0.2) is 5.78 Å². The number of ketones is 1. The van der Waals surface area contributed by atoms with E-state index in [9.17, 15) is 19.7 Å². The molecule has 22 heavy (non-hydrogen) atoms. The number of nitro groups is 1. The van der Waals surface area contributed by atoms with Gasteiger partial charge in [0, 0.05) is 28.4 Å². The Morgan fingerprint density at radius 3 is 2.18 bits per heavy atom. The van der Waals surface area contributed by atoms with Gasteiger partial charge in [0.25, 0.3) is 11.6 Å². The van der Waals surface area contributed by atoms with E-state index in [4.69, 9.17) is 0 Å². The second-order valence-corrected chi connectivity index (χ2v) is 4.85. The van der Waals surface area contributed by atoms with Crippen molar-refractivity contribution in [2.24, 2.45) is 0 Å². The molecular weight excluding hydrogens is 284 g/mol. The van der Waals surface area contributed by atoms with E-state index in [1.165, 1.54) is 25.1 Å². The van der Waals surface area contributed by atoms with Crippen LogP contribution in [-0.2, 0) is 0 Å². The molecule has 0 saturated heterocycles. The maximum atomic E-state index is 12.1. The number of hydrogen-bond donors (Lipinski definition) is 1. The predicted molar refractivity (Wildman–Crippen MR) is 82.2 cm³/mol. The highest BCUT2D eigenvalue weighted by molar-refractivity contribution is 6.05. The fraction of sp³-hybridized carbons (Fsp3) is 0.125. The van der Waals surface area contributed by atoms with Gasteiger partial charge in [-0.3, -0.25) is 19.7 Å². The molecule has 1 amide bonds. The number of amides is 1. The van der Waals surface area contributed by atoms with Crippen LogP contribution >= 0.6 is 0 Å². The Labute approximate surface area is 126 Å². The fourth-order valence-corrected chi connectivity index (χ4v) is 1.94. The summed E-state index contributed by atoms with van der Waals surface area (Å²) in [7, 11) is 0. The number of anilines is 1. The van der Waals surface area contributed by atoms with Gasteiger partial charge < -0.3 is 5.32 Å². The molecule has 112 valence electrons. The van der Waals surface area contributed by atoms with Crippen LogP contribution in [0.4, 0.5) is 11.4 Å². The number of hydrogen-bond acceptors (Lipinski definition) is 4. The minimum Gasteiger partial charge on any atom is -0.322 e. The first-order chi connectivity index (χ1) is 10.4. The van der Waals surface area contributed by atoms with E-state index in [0.29, 0.717) is 16.8 Å². The van der Waals surface area contributed by atoms with Crippen LogP contribution in [0.15, 0.2) is 42.5 Å². The van der Waals surface area contributed by atoms with E-state index in [0.717, 1.165) is 0 Å². The zero-order chi connectivity index (χ0) is 16.3. The van der Waals surface area contributed by atoms with Crippen LogP contribution < -0.4 is 5.32 Å². The highest BCUT2D eigenvalue weighted by Crippen LogP contribution is 2.20. The summed E-state index contributed by atoms with van der Waals surface area (Å²) in [6.45, 7) is 3.07. The van der Waals surface area contributed by atoms with E-state index in [-0.39, 0.29) is 17.0 Å². The van der Waals surface area contributed by atoms with Crippen molar-refractivity contribution >= 4 is 23.1 Å². The first-order valence-electron chi connectivity index (χ1n) is 6.56. The van der Waals surface area contributed by atoms with Gasteiger partial charge in [0.1, 0.15) is 0 Å². The van der Waals surface area contributed by atoms with Gasteiger partial charge in [-0.2, -0.15) is 0 Å². The third-order valence-corrected chi connectivity index (χ3v) is 3.22. The third-order valence-electron chi connectivity index (χ3n) is 3.22. The summed E-state index contributed by atoms with van der Waals surface area (Å²) < 4.78 is 0. The molecule has 2 aromatic carbocycles. The van der Waals surface area contributed by atoms with Gasteiger partial charge in [-0.05, 0) is 44.2 Å². The van der Waals surface area contributed by atoms with Crippen molar-refractivity contribution in [2.45, 2.75) is 13.8 Å². The first kappa shape index (κ1) is 15.4. The van der Waals surface area contributed by atoms with Crippen LogP contribution in [0.5, 0.6) is 0 Å². The highest BCUT2D eigenvalue weighted by Gasteiger charge is 2.15. The van der Waals surface area contributed by atoms with Crippen LogP contribution in [0, 0.1) is 17.0 Å². The maximum Gasteiger partial charge on any atom is 0.273 e. The zero-order valence-corrected chi connectivity index (χ0v) is 12.1. The quantitative estimate of drug-likeness (QED) is 0.532. The fourth-order valence-electron chi connectivity index (χ4n) is 1.94. The summed E-state index contributed by atoms with van der Waals surface area (Å²) in [5.74, 6) is -0.509. The number of Topliss-reactive ketones (excluding diaryl/α,β-unsaturated/α-hetero) is 1. The maximum absolute atomic E-state index is 12.1. The van der Waals surface area contributed by atoms with Crippen molar-refractivity contribution in [2.75, 3.05) is 5.32 Å². The van der Waals surface area contributed by atoms with Gasteiger partial charge in [-0.1, -0.05) is 6.07 Å². The second kappa shape index (κ2) is 6.17. The molecule has 0 unspecified atom stereocenters. The summed E-state index contributed by atoms with van der Waals surface area (Å²) in [5, 5.41) is 13.5. The van der Waals surface area contributed by atoms with E-state index >= 15 is 0 Å². The molecular formula is C16H14N2O4. The zero-order valence-electron chi connectivity index (χ0n) is 12.1. The molecule has 0 fully saturated rings. The van der Waals surface area contributed by atoms with Crippen LogP contribution in [0.1, 0.15) is 33.2 Å². The number of carbonyl (C=O) groups excluding carboxylic acids is 2. The number of nitro benzene ring substituents is 1. The molecule has 0 aliphatic rings. The van der Waals surface area contributed by atoms with Gasteiger partial charge in [0.05, 0.1) is 4.92 Å². The molecule has 0 saturated carbocycles. The lowest BCUT2D eigenvalue weighted by Crippen LogP contribution is -2.12. The van der Waals surface area contributed by atoms with Crippen molar-refractivity contribution in [3.05, 3.63) is 69.3 Å². The highest BCUT2D eigenvalue weighted by atomic mass is 16.6. The number of aryl methyl sites for hydroxylation is 1. The Morgan fingerprint density at radius 2 is 1.64 bits per heavy atom. The molecule has 1 N–H and O–H groups in total. The summed E-state index contributed by atoms with van der Waals surface area (Å²) >= 11 is 0. The Kier molecular flexibility index (Phi) is 4.31.